The standard InChI is InChI=1S/C19H21FN2O3S/c1-13(2)22-26(24,25)17-9-5-15(6-10-17)7-11-19(23)21-16-8-4-14(3)18(20)12-16/h4-13,22H,1-3H3,(H,21,23)/b11-7+. The number of hydrogen-bond acceptors (Lipinski definition) is 3. The number of benzene rings is 2. The van der Waals surface area contributed by atoms with Gasteiger partial charge < -0.3 is 5.32 Å². The highest BCUT2D eigenvalue weighted by atomic mass is 32.2. The summed E-state index contributed by atoms with van der Waals surface area (Å²) in [6.07, 6.45) is 2.85. The summed E-state index contributed by atoms with van der Waals surface area (Å²) in [6, 6.07) is 10.4. The monoisotopic (exact) mass is 376 g/mol. The summed E-state index contributed by atoms with van der Waals surface area (Å²) in [5, 5.41) is 2.57. The molecule has 0 bridgehead atoms. The van der Waals surface area contributed by atoms with Gasteiger partial charge in [-0.05, 0) is 62.2 Å². The van der Waals surface area contributed by atoms with E-state index < -0.39 is 21.7 Å². The first-order valence-corrected chi connectivity index (χ1v) is 9.53. The minimum atomic E-state index is -3.54. The van der Waals surface area contributed by atoms with Gasteiger partial charge in [-0.15, -0.1) is 0 Å². The van der Waals surface area contributed by atoms with Crippen LogP contribution in [0.25, 0.3) is 6.08 Å². The molecule has 26 heavy (non-hydrogen) atoms. The first-order valence-electron chi connectivity index (χ1n) is 8.05. The summed E-state index contributed by atoms with van der Waals surface area (Å²) in [4.78, 5) is 12.1. The van der Waals surface area contributed by atoms with E-state index in [1.165, 1.54) is 24.3 Å². The molecule has 2 aromatic carbocycles. The van der Waals surface area contributed by atoms with Crippen molar-refractivity contribution < 1.29 is 17.6 Å². The molecule has 0 saturated carbocycles. The Morgan fingerprint density at radius 3 is 2.35 bits per heavy atom. The molecule has 2 aromatic rings. The van der Waals surface area contributed by atoms with Crippen molar-refractivity contribution in [1.29, 1.82) is 0 Å². The number of hydrogen-bond donors (Lipinski definition) is 2. The summed E-state index contributed by atoms with van der Waals surface area (Å²) >= 11 is 0. The van der Waals surface area contributed by atoms with Gasteiger partial charge in [0.1, 0.15) is 5.82 Å². The molecule has 0 unspecified atom stereocenters. The number of halogens is 1. The van der Waals surface area contributed by atoms with Crippen LogP contribution in [0.3, 0.4) is 0 Å². The van der Waals surface area contributed by atoms with Gasteiger partial charge in [0.15, 0.2) is 0 Å². The van der Waals surface area contributed by atoms with Crippen molar-refractivity contribution in [1.82, 2.24) is 4.72 Å². The van der Waals surface area contributed by atoms with Crippen molar-refractivity contribution in [3.05, 3.63) is 65.5 Å². The van der Waals surface area contributed by atoms with Gasteiger partial charge in [0.05, 0.1) is 4.90 Å². The second-order valence-corrected chi connectivity index (χ2v) is 7.85. The Morgan fingerprint density at radius 1 is 1.12 bits per heavy atom. The van der Waals surface area contributed by atoms with E-state index in [4.69, 9.17) is 0 Å². The van der Waals surface area contributed by atoms with Crippen molar-refractivity contribution in [3.8, 4) is 0 Å². The van der Waals surface area contributed by atoms with Gasteiger partial charge in [-0.1, -0.05) is 18.2 Å². The predicted octanol–water partition coefficient (Wildman–Crippen LogP) is 3.47. The maximum absolute atomic E-state index is 13.5. The lowest BCUT2D eigenvalue weighted by atomic mass is 10.2. The Morgan fingerprint density at radius 2 is 1.77 bits per heavy atom. The molecular formula is C19H21FN2O3S. The summed E-state index contributed by atoms with van der Waals surface area (Å²) < 4.78 is 40.1. The van der Waals surface area contributed by atoms with Gasteiger partial charge >= 0.3 is 0 Å². The SMILES string of the molecule is Cc1ccc(NC(=O)/C=C/c2ccc(S(=O)(=O)NC(C)C)cc2)cc1F. The Hall–Kier alpha value is -2.51. The van der Waals surface area contributed by atoms with E-state index in [1.54, 1.807) is 51.1 Å². The number of carbonyl (C=O) groups excluding carboxylic acids is 1. The number of sulfonamides is 1. The van der Waals surface area contributed by atoms with Crippen molar-refractivity contribution in [2.24, 2.45) is 0 Å². The Kier molecular flexibility index (Phi) is 6.28. The van der Waals surface area contributed by atoms with Crippen molar-refractivity contribution in [3.63, 3.8) is 0 Å². The van der Waals surface area contributed by atoms with Crippen LogP contribution >= 0.6 is 0 Å². The summed E-state index contributed by atoms with van der Waals surface area (Å²) in [7, 11) is -3.54. The molecule has 0 radical (unpaired) electrons. The van der Waals surface area contributed by atoms with Crippen LogP contribution in [0.4, 0.5) is 10.1 Å². The zero-order valence-corrected chi connectivity index (χ0v) is 15.6. The normalized spacial score (nSPS) is 11.9. The molecule has 1 amide bonds. The molecule has 5 nitrogen and oxygen atoms in total. The number of amides is 1. The molecule has 0 aliphatic carbocycles. The van der Waals surface area contributed by atoms with Crippen molar-refractivity contribution in [2.75, 3.05) is 5.32 Å². The third-order valence-electron chi connectivity index (χ3n) is 3.45. The molecular weight excluding hydrogens is 355 g/mol. The molecule has 0 fully saturated rings. The van der Waals surface area contributed by atoms with E-state index in [9.17, 15) is 17.6 Å². The van der Waals surface area contributed by atoms with E-state index in [2.05, 4.69) is 10.0 Å². The smallest absolute Gasteiger partial charge is 0.248 e. The van der Waals surface area contributed by atoms with Crippen LogP contribution < -0.4 is 10.0 Å². The lowest BCUT2D eigenvalue weighted by Gasteiger charge is -2.09. The fraction of sp³-hybridized carbons (Fsp3) is 0.211. The zero-order chi connectivity index (χ0) is 19.3. The topological polar surface area (TPSA) is 75.3 Å². The van der Waals surface area contributed by atoms with Crippen LogP contribution in [0.1, 0.15) is 25.0 Å². The Balaban J connectivity index is 2.03. The number of rotatable bonds is 6. The molecule has 0 spiro atoms. The second-order valence-electron chi connectivity index (χ2n) is 6.13. The van der Waals surface area contributed by atoms with Gasteiger partial charge in [0, 0.05) is 17.8 Å². The summed E-state index contributed by atoms with van der Waals surface area (Å²) in [6.45, 7) is 5.13. The van der Waals surface area contributed by atoms with E-state index in [0.29, 0.717) is 16.8 Å². The highest BCUT2D eigenvalue weighted by Gasteiger charge is 2.14. The maximum atomic E-state index is 13.5. The minimum absolute atomic E-state index is 0.155. The Bertz CT molecular complexity index is 920. The number of carbonyl (C=O) groups is 1. The third kappa shape index (κ3) is 5.50. The molecule has 7 heteroatoms. The fourth-order valence-electron chi connectivity index (χ4n) is 2.16. The highest BCUT2D eigenvalue weighted by molar-refractivity contribution is 7.89. The third-order valence-corrected chi connectivity index (χ3v) is 5.12. The zero-order valence-electron chi connectivity index (χ0n) is 14.8. The minimum Gasteiger partial charge on any atom is -0.322 e. The molecule has 0 aliphatic heterocycles. The summed E-state index contributed by atoms with van der Waals surface area (Å²) in [5.41, 5.74) is 1.53. The van der Waals surface area contributed by atoms with E-state index in [1.807, 2.05) is 0 Å². The Labute approximate surface area is 153 Å². The average Bonchev–Trinajstić information content (AvgIpc) is 2.55. The quantitative estimate of drug-likeness (QED) is 0.758. The largest absolute Gasteiger partial charge is 0.322 e. The molecule has 0 atom stereocenters. The van der Waals surface area contributed by atoms with Crippen LogP contribution in [0.2, 0.25) is 0 Å². The number of aryl methyl sites for hydroxylation is 1. The van der Waals surface area contributed by atoms with E-state index in [-0.39, 0.29) is 10.9 Å². The van der Waals surface area contributed by atoms with Crippen molar-refractivity contribution >= 4 is 27.7 Å². The maximum Gasteiger partial charge on any atom is 0.248 e. The average molecular weight is 376 g/mol. The molecule has 0 saturated heterocycles. The van der Waals surface area contributed by atoms with Crippen LogP contribution in [0.15, 0.2) is 53.4 Å². The lowest BCUT2D eigenvalue weighted by Crippen LogP contribution is -2.30. The van der Waals surface area contributed by atoms with Crippen LogP contribution in [-0.4, -0.2) is 20.4 Å². The van der Waals surface area contributed by atoms with Gasteiger partial charge in [0.25, 0.3) is 0 Å². The van der Waals surface area contributed by atoms with Crippen molar-refractivity contribution in [2.45, 2.75) is 31.7 Å². The first-order chi connectivity index (χ1) is 12.2. The lowest BCUT2D eigenvalue weighted by molar-refractivity contribution is -0.111. The van der Waals surface area contributed by atoms with Gasteiger partial charge in [-0.25, -0.2) is 17.5 Å². The van der Waals surface area contributed by atoms with Crippen LogP contribution in [0, 0.1) is 12.7 Å². The van der Waals surface area contributed by atoms with E-state index >= 15 is 0 Å². The first kappa shape index (κ1) is 19.8. The van der Waals surface area contributed by atoms with Gasteiger partial charge in [0.2, 0.25) is 15.9 Å². The van der Waals surface area contributed by atoms with E-state index in [0.717, 1.165) is 0 Å². The molecule has 2 N–H and O–H groups in total. The van der Waals surface area contributed by atoms with Crippen LogP contribution in [-0.2, 0) is 14.8 Å². The number of anilines is 1. The number of nitrogens with one attached hydrogen (secondary N) is 2. The predicted molar refractivity (Wildman–Crippen MR) is 101 cm³/mol. The van der Waals surface area contributed by atoms with Crippen LogP contribution in [0.5, 0.6) is 0 Å². The highest BCUT2D eigenvalue weighted by Crippen LogP contribution is 2.14. The van der Waals surface area contributed by atoms with Gasteiger partial charge in [-0.3, -0.25) is 4.79 Å². The molecule has 2 rings (SSSR count). The fourth-order valence-corrected chi connectivity index (χ4v) is 3.41. The second kappa shape index (κ2) is 8.25. The molecule has 0 aromatic heterocycles. The van der Waals surface area contributed by atoms with Gasteiger partial charge in [-0.2, -0.15) is 0 Å². The summed E-state index contributed by atoms with van der Waals surface area (Å²) in [5.74, 6) is -0.801. The molecule has 138 valence electrons. The molecule has 0 aliphatic rings. The molecule has 0 heterocycles.